The van der Waals surface area contributed by atoms with Gasteiger partial charge in [0.2, 0.25) is 5.91 Å². The van der Waals surface area contributed by atoms with Gasteiger partial charge in [0, 0.05) is 11.1 Å². The van der Waals surface area contributed by atoms with Crippen LogP contribution < -0.4 is 15.0 Å². The van der Waals surface area contributed by atoms with E-state index in [1.54, 1.807) is 12.1 Å². The van der Waals surface area contributed by atoms with Gasteiger partial charge in [-0.2, -0.15) is 4.99 Å². The minimum atomic E-state index is -4.82. The first kappa shape index (κ1) is 32.4. The van der Waals surface area contributed by atoms with Gasteiger partial charge < -0.3 is 14.8 Å². The molecule has 48 heavy (non-hydrogen) atoms. The summed E-state index contributed by atoms with van der Waals surface area (Å²) in [6, 6.07) is 24.8. The first-order chi connectivity index (χ1) is 23.1. The number of thioether (sulfide) groups is 1. The summed E-state index contributed by atoms with van der Waals surface area (Å²) >= 11 is 1.08. The second kappa shape index (κ2) is 14.1. The number of aromatic nitrogens is 3. The molecule has 6 rings (SSSR count). The monoisotopic (exact) mass is 676 g/mol. The van der Waals surface area contributed by atoms with Crippen molar-refractivity contribution in [1.82, 2.24) is 14.8 Å². The number of urea groups is 1. The molecule has 1 aliphatic rings. The molecule has 5 aromatic rings. The van der Waals surface area contributed by atoms with Gasteiger partial charge in [-0.25, -0.2) is 18.9 Å². The molecule has 1 aliphatic heterocycles. The molecule has 0 spiro atoms. The number of carbonyl (C=O) groups is 2. The number of carbonyl (C=O) groups excluding carboxylic acids is 2. The highest BCUT2D eigenvalue weighted by Gasteiger charge is 2.32. The van der Waals surface area contributed by atoms with Crippen LogP contribution in [0.4, 0.5) is 33.7 Å². The fourth-order valence-electron chi connectivity index (χ4n) is 4.69. The molecule has 0 atom stereocenters. The predicted molar refractivity (Wildman–Crippen MR) is 171 cm³/mol. The number of halogens is 4. The van der Waals surface area contributed by atoms with Crippen LogP contribution >= 0.6 is 11.8 Å². The molecule has 1 saturated heterocycles. The molecule has 2 heterocycles. The average molecular weight is 677 g/mol. The molecule has 0 aliphatic carbocycles. The zero-order chi connectivity index (χ0) is 33.7. The Balaban J connectivity index is 1.12. The van der Waals surface area contributed by atoms with E-state index in [-0.39, 0.29) is 40.5 Å². The molecule has 10 nitrogen and oxygen atoms in total. The Morgan fingerprint density at radius 3 is 2.46 bits per heavy atom. The number of benzene rings is 4. The van der Waals surface area contributed by atoms with Crippen molar-refractivity contribution in [3.63, 3.8) is 0 Å². The van der Waals surface area contributed by atoms with Crippen LogP contribution in [0.1, 0.15) is 11.1 Å². The Hall–Kier alpha value is -5.54. The van der Waals surface area contributed by atoms with E-state index in [0.29, 0.717) is 18.0 Å². The van der Waals surface area contributed by atoms with E-state index in [1.807, 2.05) is 42.5 Å². The fraction of sp³-hybridized carbons (Fsp3) is 0.121. The highest BCUT2D eigenvalue weighted by molar-refractivity contribution is 8.15. The third-order valence-corrected chi connectivity index (χ3v) is 7.78. The van der Waals surface area contributed by atoms with Crippen molar-refractivity contribution < 1.29 is 36.6 Å². The molecule has 15 heteroatoms. The fourth-order valence-corrected chi connectivity index (χ4v) is 5.55. The van der Waals surface area contributed by atoms with Crippen LogP contribution in [0.15, 0.2) is 108 Å². The Bertz CT molecular complexity index is 1970. The molecule has 1 fully saturated rings. The first-order valence-corrected chi connectivity index (χ1v) is 15.2. The normalized spacial score (nSPS) is 14.0. The minimum Gasteiger partial charge on any atom is -0.406 e. The van der Waals surface area contributed by atoms with Gasteiger partial charge in [0.25, 0.3) is 0 Å². The van der Waals surface area contributed by atoms with E-state index in [1.165, 1.54) is 40.2 Å². The summed E-state index contributed by atoms with van der Waals surface area (Å²) in [7, 11) is 0. The lowest BCUT2D eigenvalue weighted by Crippen LogP contribution is -2.31. The van der Waals surface area contributed by atoms with Gasteiger partial charge in [0.1, 0.15) is 17.9 Å². The maximum atomic E-state index is 15.1. The quantitative estimate of drug-likeness (QED) is 0.163. The van der Waals surface area contributed by atoms with Crippen molar-refractivity contribution in [3.05, 3.63) is 120 Å². The molecular weight excluding hydrogens is 652 g/mol. The van der Waals surface area contributed by atoms with Gasteiger partial charge in [0.05, 0.1) is 36.0 Å². The lowest BCUT2D eigenvalue weighted by atomic mass is 10.1. The highest BCUT2D eigenvalue weighted by Crippen LogP contribution is 2.31. The molecule has 3 amide bonds. The maximum absolute atomic E-state index is 15.1. The van der Waals surface area contributed by atoms with Crippen molar-refractivity contribution in [2.24, 2.45) is 4.99 Å². The smallest absolute Gasteiger partial charge is 0.406 e. The van der Waals surface area contributed by atoms with Crippen molar-refractivity contribution in [3.8, 4) is 22.8 Å². The standard InChI is InChI=1S/C33H24F4N6O4S/c34-26-16-22(30-38-20-42(41-30)24-11-13-25(14-12-24)47-33(35,36)37)10-15-27(26)39-31(45)40-32-43(29(44)19-48-32)28-9-5-4-8-23(28)18-46-17-21-6-2-1-3-7-21/h1-16,20H,17-19H2,(H,39,45). The zero-order valence-electron chi connectivity index (χ0n) is 24.7. The molecule has 0 radical (unpaired) electrons. The number of alkyl halides is 3. The maximum Gasteiger partial charge on any atom is 0.573 e. The summed E-state index contributed by atoms with van der Waals surface area (Å²) in [4.78, 5) is 35.3. The molecule has 0 unspecified atom stereocenters. The van der Waals surface area contributed by atoms with E-state index < -0.39 is 24.0 Å². The van der Waals surface area contributed by atoms with Gasteiger partial charge in [-0.3, -0.25) is 9.69 Å². The summed E-state index contributed by atoms with van der Waals surface area (Å²) in [6.07, 6.45) is -3.50. The summed E-state index contributed by atoms with van der Waals surface area (Å²) in [5.41, 5.74) is 2.76. The molecule has 244 valence electrons. The van der Waals surface area contributed by atoms with E-state index in [0.717, 1.165) is 41.1 Å². The van der Waals surface area contributed by atoms with Crippen molar-refractivity contribution in [2.45, 2.75) is 19.6 Å². The van der Waals surface area contributed by atoms with Gasteiger partial charge in [0.15, 0.2) is 11.0 Å². The zero-order valence-corrected chi connectivity index (χ0v) is 25.5. The minimum absolute atomic E-state index is 0.0690. The summed E-state index contributed by atoms with van der Waals surface area (Å²) < 4.78 is 63.4. The number of amides is 3. The highest BCUT2D eigenvalue weighted by atomic mass is 32.2. The SMILES string of the molecule is O=C(N=C1SCC(=O)N1c1ccccc1COCc1ccccc1)Nc1ccc(-c2ncn(-c3ccc(OC(F)(F)F)cc3)n2)cc1F. The molecule has 1 aromatic heterocycles. The van der Waals surface area contributed by atoms with Gasteiger partial charge in [-0.15, -0.1) is 18.3 Å². The van der Waals surface area contributed by atoms with Gasteiger partial charge in [-0.05, 0) is 54.1 Å². The third kappa shape index (κ3) is 7.87. The topological polar surface area (TPSA) is 111 Å². The number of rotatable bonds is 9. The second-order valence-corrected chi connectivity index (χ2v) is 11.1. The molecule has 0 bridgehead atoms. The van der Waals surface area contributed by atoms with Crippen LogP contribution in [0.3, 0.4) is 0 Å². The largest absolute Gasteiger partial charge is 0.573 e. The van der Waals surface area contributed by atoms with Crippen LogP contribution in [-0.2, 0) is 22.7 Å². The summed E-state index contributed by atoms with van der Waals surface area (Å²) in [5, 5.41) is 6.80. The Morgan fingerprint density at radius 1 is 0.958 bits per heavy atom. The van der Waals surface area contributed by atoms with Gasteiger partial charge >= 0.3 is 12.4 Å². The number of hydrogen-bond acceptors (Lipinski definition) is 7. The Kier molecular flexibility index (Phi) is 9.50. The van der Waals surface area contributed by atoms with Crippen LogP contribution in [0, 0.1) is 5.82 Å². The molecular formula is C33H24F4N6O4S. The van der Waals surface area contributed by atoms with Gasteiger partial charge in [-0.1, -0.05) is 60.3 Å². The van der Waals surface area contributed by atoms with Crippen molar-refractivity contribution >= 4 is 40.2 Å². The summed E-state index contributed by atoms with van der Waals surface area (Å²) in [5.74, 6) is -1.25. The lowest BCUT2D eigenvalue weighted by molar-refractivity contribution is -0.274. The summed E-state index contributed by atoms with van der Waals surface area (Å²) in [6.45, 7) is 0.592. The van der Waals surface area contributed by atoms with Crippen LogP contribution in [0.2, 0.25) is 0 Å². The number of para-hydroxylation sites is 1. The predicted octanol–water partition coefficient (Wildman–Crippen LogP) is 7.36. The van der Waals surface area contributed by atoms with E-state index in [4.69, 9.17) is 4.74 Å². The number of amidine groups is 1. The third-order valence-electron chi connectivity index (χ3n) is 6.86. The number of ether oxygens (including phenoxy) is 2. The second-order valence-electron chi connectivity index (χ2n) is 10.2. The van der Waals surface area contributed by atoms with E-state index in [2.05, 4.69) is 25.1 Å². The number of aliphatic imine (C=N–C) groups is 1. The number of nitrogens with zero attached hydrogens (tertiary/aromatic N) is 5. The van der Waals surface area contributed by atoms with Crippen LogP contribution in [0.5, 0.6) is 5.75 Å². The number of nitrogens with one attached hydrogen (secondary N) is 1. The van der Waals surface area contributed by atoms with Crippen LogP contribution in [0.25, 0.3) is 17.1 Å². The number of hydrogen-bond donors (Lipinski definition) is 1. The molecule has 1 N–H and O–H groups in total. The van der Waals surface area contributed by atoms with Crippen molar-refractivity contribution in [2.75, 3.05) is 16.0 Å². The molecule has 4 aromatic carbocycles. The van der Waals surface area contributed by atoms with Crippen LogP contribution in [-0.4, -0.2) is 44.0 Å². The molecule has 0 saturated carbocycles. The first-order valence-electron chi connectivity index (χ1n) is 14.3. The number of anilines is 2. The Labute approximate surface area is 275 Å². The van der Waals surface area contributed by atoms with E-state index in [9.17, 15) is 22.8 Å². The van der Waals surface area contributed by atoms with Crippen molar-refractivity contribution in [1.29, 1.82) is 0 Å². The average Bonchev–Trinajstić information content (AvgIpc) is 3.69. The van der Waals surface area contributed by atoms with E-state index >= 15 is 4.39 Å². The Morgan fingerprint density at radius 2 is 1.71 bits per heavy atom. The lowest BCUT2D eigenvalue weighted by Gasteiger charge is -2.20.